The average Bonchev–Trinajstić information content (AvgIpc) is 3.04. The van der Waals surface area contributed by atoms with Crippen LogP contribution in [0.2, 0.25) is 0 Å². The zero-order chi connectivity index (χ0) is 16.4. The van der Waals surface area contributed by atoms with E-state index >= 15 is 0 Å². The third kappa shape index (κ3) is 3.18. The van der Waals surface area contributed by atoms with Crippen LogP contribution in [0.1, 0.15) is 36.9 Å². The van der Waals surface area contributed by atoms with Gasteiger partial charge in [0, 0.05) is 37.2 Å². The lowest BCUT2D eigenvalue weighted by Gasteiger charge is -2.32. The van der Waals surface area contributed by atoms with Gasteiger partial charge in [-0.2, -0.15) is 5.10 Å². The van der Waals surface area contributed by atoms with E-state index in [0.717, 1.165) is 29.7 Å². The number of Topliss-reactive ketones (excluding diaryl/α,β-unsaturated/α-hetero) is 1. The standard InChI is InChI=1S/C18H21N3O2/c1-12-5-7-14(8-6-12)16-10-19-20-17(16)15-4-3-9-21(11-15)18(23)13(2)22/h5-8,10,15H,3-4,9,11H2,1-2H3,(H,19,20). The highest BCUT2D eigenvalue weighted by Gasteiger charge is 2.29. The van der Waals surface area contributed by atoms with Crippen LogP contribution >= 0.6 is 0 Å². The van der Waals surface area contributed by atoms with Crippen LogP contribution in [0.25, 0.3) is 11.1 Å². The SMILES string of the molecule is CC(=O)C(=O)N1CCCC(c2[nH]ncc2-c2ccc(C)cc2)C1. The second kappa shape index (κ2) is 6.36. The number of hydrogen-bond donors (Lipinski definition) is 1. The lowest BCUT2D eigenvalue weighted by atomic mass is 9.90. The van der Waals surface area contributed by atoms with Gasteiger partial charge in [0.2, 0.25) is 5.78 Å². The summed E-state index contributed by atoms with van der Waals surface area (Å²) in [5.41, 5.74) is 4.46. The number of aromatic amines is 1. The van der Waals surface area contributed by atoms with E-state index in [1.807, 2.05) is 6.20 Å². The molecule has 2 aromatic rings. The van der Waals surface area contributed by atoms with E-state index in [1.165, 1.54) is 12.5 Å². The number of aryl methyl sites for hydroxylation is 1. The van der Waals surface area contributed by atoms with Gasteiger partial charge in [-0.3, -0.25) is 14.7 Å². The lowest BCUT2D eigenvalue weighted by molar-refractivity contribution is -0.144. The Hall–Kier alpha value is -2.43. The number of nitrogens with one attached hydrogen (secondary N) is 1. The smallest absolute Gasteiger partial charge is 0.289 e. The Kier molecular flexibility index (Phi) is 4.28. The van der Waals surface area contributed by atoms with Gasteiger partial charge in [0.05, 0.1) is 6.20 Å². The van der Waals surface area contributed by atoms with Gasteiger partial charge in [-0.15, -0.1) is 0 Å². The molecule has 120 valence electrons. The molecule has 0 spiro atoms. The summed E-state index contributed by atoms with van der Waals surface area (Å²) in [7, 11) is 0. The Balaban J connectivity index is 1.85. The van der Waals surface area contributed by atoms with Crippen molar-refractivity contribution in [3.63, 3.8) is 0 Å². The summed E-state index contributed by atoms with van der Waals surface area (Å²) in [6, 6.07) is 8.34. The fraction of sp³-hybridized carbons (Fsp3) is 0.389. The minimum Gasteiger partial charge on any atom is -0.335 e. The summed E-state index contributed by atoms with van der Waals surface area (Å²) in [6.45, 7) is 4.62. The molecule has 1 aliphatic heterocycles. The summed E-state index contributed by atoms with van der Waals surface area (Å²) in [4.78, 5) is 25.0. The highest BCUT2D eigenvalue weighted by molar-refractivity contribution is 6.35. The quantitative estimate of drug-likeness (QED) is 0.886. The molecule has 1 saturated heterocycles. The summed E-state index contributed by atoms with van der Waals surface area (Å²) >= 11 is 0. The number of nitrogens with zero attached hydrogens (tertiary/aromatic N) is 2. The molecule has 5 nitrogen and oxygen atoms in total. The molecule has 5 heteroatoms. The van der Waals surface area contributed by atoms with Crippen LogP contribution in [0.3, 0.4) is 0 Å². The van der Waals surface area contributed by atoms with Crippen molar-refractivity contribution >= 4 is 11.7 Å². The Morgan fingerprint density at radius 2 is 2.00 bits per heavy atom. The van der Waals surface area contributed by atoms with E-state index in [0.29, 0.717) is 13.1 Å². The monoisotopic (exact) mass is 311 g/mol. The molecule has 0 bridgehead atoms. The first-order chi connectivity index (χ1) is 11.1. The number of benzene rings is 1. The van der Waals surface area contributed by atoms with E-state index < -0.39 is 5.78 Å². The number of likely N-dealkylation sites (tertiary alicyclic amines) is 1. The van der Waals surface area contributed by atoms with Gasteiger partial charge in [0.15, 0.2) is 0 Å². The minimum absolute atomic E-state index is 0.186. The van der Waals surface area contributed by atoms with Crippen LogP contribution in [0.4, 0.5) is 0 Å². The third-order valence-corrected chi connectivity index (χ3v) is 4.45. The number of rotatable bonds is 3. The molecule has 1 atom stereocenters. The summed E-state index contributed by atoms with van der Waals surface area (Å²) in [5.74, 6) is -0.592. The van der Waals surface area contributed by atoms with Crippen LogP contribution in [-0.2, 0) is 9.59 Å². The fourth-order valence-electron chi connectivity index (χ4n) is 3.19. The van der Waals surface area contributed by atoms with Gasteiger partial charge in [0.25, 0.3) is 5.91 Å². The topological polar surface area (TPSA) is 66.1 Å². The van der Waals surface area contributed by atoms with Crippen LogP contribution in [0, 0.1) is 6.92 Å². The van der Waals surface area contributed by atoms with E-state index in [1.54, 1.807) is 4.90 Å². The second-order valence-corrected chi connectivity index (χ2v) is 6.21. The third-order valence-electron chi connectivity index (χ3n) is 4.45. The first-order valence-electron chi connectivity index (χ1n) is 7.96. The highest BCUT2D eigenvalue weighted by Crippen LogP contribution is 2.33. The Bertz CT molecular complexity index is 718. The number of carbonyl (C=O) groups is 2. The van der Waals surface area contributed by atoms with Crippen LogP contribution < -0.4 is 0 Å². The van der Waals surface area contributed by atoms with Gasteiger partial charge in [-0.1, -0.05) is 29.8 Å². The predicted octanol–water partition coefficient (Wildman–Crippen LogP) is 2.68. The number of H-pyrrole nitrogens is 1. The summed E-state index contributed by atoms with van der Waals surface area (Å²) in [5, 5.41) is 7.31. The zero-order valence-corrected chi connectivity index (χ0v) is 13.5. The van der Waals surface area contributed by atoms with Crippen molar-refractivity contribution in [1.82, 2.24) is 15.1 Å². The number of aromatic nitrogens is 2. The number of amides is 1. The van der Waals surface area contributed by atoms with Gasteiger partial charge in [-0.05, 0) is 25.3 Å². The van der Waals surface area contributed by atoms with Crippen molar-refractivity contribution in [2.24, 2.45) is 0 Å². The number of carbonyl (C=O) groups excluding carboxylic acids is 2. The maximum absolute atomic E-state index is 12.0. The normalized spacial score (nSPS) is 18.0. The van der Waals surface area contributed by atoms with Crippen molar-refractivity contribution < 1.29 is 9.59 Å². The van der Waals surface area contributed by atoms with Crippen LogP contribution in [-0.4, -0.2) is 39.9 Å². The van der Waals surface area contributed by atoms with E-state index in [4.69, 9.17) is 0 Å². The number of ketones is 1. The number of piperidine rings is 1. The van der Waals surface area contributed by atoms with Crippen LogP contribution in [0.5, 0.6) is 0 Å². The van der Waals surface area contributed by atoms with Crippen LogP contribution in [0.15, 0.2) is 30.5 Å². The lowest BCUT2D eigenvalue weighted by Crippen LogP contribution is -2.42. The first kappa shape index (κ1) is 15.5. The Morgan fingerprint density at radius 1 is 1.26 bits per heavy atom. The second-order valence-electron chi connectivity index (χ2n) is 6.21. The van der Waals surface area contributed by atoms with Crippen molar-refractivity contribution in [3.05, 3.63) is 41.7 Å². The molecule has 1 amide bonds. The maximum atomic E-state index is 12.0. The van der Waals surface area contributed by atoms with Crippen molar-refractivity contribution in [3.8, 4) is 11.1 Å². The first-order valence-corrected chi connectivity index (χ1v) is 7.96. The van der Waals surface area contributed by atoms with Gasteiger partial charge in [0.1, 0.15) is 0 Å². The van der Waals surface area contributed by atoms with E-state index in [2.05, 4.69) is 41.4 Å². The summed E-state index contributed by atoms with van der Waals surface area (Å²) in [6.07, 6.45) is 3.73. The average molecular weight is 311 g/mol. The van der Waals surface area contributed by atoms with Crippen molar-refractivity contribution in [2.45, 2.75) is 32.6 Å². The Labute approximate surface area is 135 Å². The molecule has 0 radical (unpaired) electrons. The molecule has 1 unspecified atom stereocenters. The molecular weight excluding hydrogens is 290 g/mol. The highest BCUT2D eigenvalue weighted by atomic mass is 16.2. The molecule has 2 heterocycles. The largest absolute Gasteiger partial charge is 0.335 e. The molecule has 23 heavy (non-hydrogen) atoms. The molecule has 1 aromatic heterocycles. The molecule has 1 aliphatic rings. The number of hydrogen-bond acceptors (Lipinski definition) is 3. The predicted molar refractivity (Wildman–Crippen MR) is 88.0 cm³/mol. The molecule has 0 saturated carbocycles. The zero-order valence-electron chi connectivity index (χ0n) is 13.5. The minimum atomic E-state index is -0.394. The Morgan fingerprint density at radius 3 is 2.70 bits per heavy atom. The van der Waals surface area contributed by atoms with Crippen molar-refractivity contribution in [1.29, 1.82) is 0 Å². The molecule has 3 rings (SSSR count). The van der Waals surface area contributed by atoms with Gasteiger partial charge >= 0.3 is 0 Å². The van der Waals surface area contributed by atoms with Gasteiger partial charge in [-0.25, -0.2) is 0 Å². The molecule has 1 aromatic carbocycles. The van der Waals surface area contributed by atoms with E-state index in [-0.39, 0.29) is 11.8 Å². The molecule has 1 fully saturated rings. The molecule has 0 aliphatic carbocycles. The van der Waals surface area contributed by atoms with Gasteiger partial charge < -0.3 is 4.90 Å². The molecular formula is C18H21N3O2. The summed E-state index contributed by atoms with van der Waals surface area (Å²) < 4.78 is 0. The van der Waals surface area contributed by atoms with E-state index in [9.17, 15) is 9.59 Å². The van der Waals surface area contributed by atoms with Crippen molar-refractivity contribution in [2.75, 3.05) is 13.1 Å². The molecule has 1 N–H and O–H groups in total. The maximum Gasteiger partial charge on any atom is 0.289 e. The fourth-order valence-corrected chi connectivity index (χ4v) is 3.19.